The second kappa shape index (κ2) is 8.32. The molecule has 3 aromatic rings. The molecule has 146 valence electrons. The van der Waals surface area contributed by atoms with Gasteiger partial charge in [0.2, 0.25) is 5.91 Å². The van der Waals surface area contributed by atoms with Crippen molar-refractivity contribution in [3.8, 4) is 11.3 Å². The van der Waals surface area contributed by atoms with E-state index in [1.165, 1.54) is 11.8 Å². The van der Waals surface area contributed by atoms with Crippen molar-refractivity contribution in [3.63, 3.8) is 0 Å². The third-order valence-corrected chi connectivity index (χ3v) is 5.74. The maximum absolute atomic E-state index is 12.3. The van der Waals surface area contributed by atoms with Crippen LogP contribution in [0.3, 0.4) is 0 Å². The lowest BCUT2D eigenvalue weighted by Crippen LogP contribution is -2.32. The SMILES string of the molecule is Cc1cc(C)c2c(-c3ccccc3)nc(SCC(=O)NCC3CCCO3)n2n1. The largest absolute Gasteiger partial charge is 0.376 e. The number of nitrogens with one attached hydrogen (secondary N) is 1. The number of carbonyl (C=O) groups excluding carboxylic acids is 1. The molecule has 0 radical (unpaired) electrons. The smallest absolute Gasteiger partial charge is 0.230 e. The van der Waals surface area contributed by atoms with E-state index >= 15 is 0 Å². The van der Waals surface area contributed by atoms with Gasteiger partial charge in [-0.15, -0.1) is 0 Å². The van der Waals surface area contributed by atoms with Crippen molar-refractivity contribution in [2.45, 2.75) is 37.9 Å². The zero-order chi connectivity index (χ0) is 19.5. The van der Waals surface area contributed by atoms with Gasteiger partial charge in [0.25, 0.3) is 0 Å². The summed E-state index contributed by atoms with van der Waals surface area (Å²) in [5.41, 5.74) is 4.97. The average Bonchev–Trinajstić information content (AvgIpc) is 3.33. The molecule has 1 fully saturated rings. The lowest BCUT2D eigenvalue weighted by Gasteiger charge is -2.10. The summed E-state index contributed by atoms with van der Waals surface area (Å²) in [7, 11) is 0. The number of benzene rings is 1. The van der Waals surface area contributed by atoms with Gasteiger partial charge >= 0.3 is 0 Å². The van der Waals surface area contributed by atoms with Crippen LogP contribution in [-0.2, 0) is 9.53 Å². The van der Waals surface area contributed by atoms with Crippen LogP contribution in [-0.4, -0.2) is 45.5 Å². The van der Waals surface area contributed by atoms with Crippen LogP contribution in [0.25, 0.3) is 16.8 Å². The van der Waals surface area contributed by atoms with E-state index < -0.39 is 0 Å². The summed E-state index contributed by atoms with van der Waals surface area (Å²) in [6, 6.07) is 12.2. The minimum absolute atomic E-state index is 0.0112. The van der Waals surface area contributed by atoms with Crippen molar-refractivity contribution in [2.75, 3.05) is 18.9 Å². The molecule has 6 nitrogen and oxygen atoms in total. The minimum atomic E-state index is -0.0112. The van der Waals surface area contributed by atoms with Gasteiger partial charge in [-0.2, -0.15) is 5.10 Å². The molecule has 0 aliphatic carbocycles. The Labute approximate surface area is 168 Å². The molecule has 1 saturated heterocycles. The molecule has 1 aliphatic heterocycles. The Morgan fingerprint density at radius 1 is 1.32 bits per heavy atom. The number of nitrogens with zero attached hydrogens (tertiary/aromatic N) is 3. The van der Waals surface area contributed by atoms with E-state index in [9.17, 15) is 4.79 Å². The highest BCUT2D eigenvalue weighted by Gasteiger charge is 2.19. The molecule has 4 rings (SSSR count). The molecule has 1 atom stereocenters. The molecule has 1 amide bonds. The number of amides is 1. The number of carbonyl (C=O) groups is 1. The summed E-state index contributed by atoms with van der Waals surface area (Å²) < 4.78 is 7.42. The van der Waals surface area contributed by atoms with E-state index in [0.29, 0.717) is 12.3 Å². The highest BCUT2D eigenvalue weighted by atomic mass is 32.2. The maximum Gasteiger partial charge on any atom is 0.230 e. The molecular weight excluding hydrogens is 372 g/mol. The highest BCUT2D eigenvalue weighted by molar-refractivity contribution is 7.99. The Morgan fingerprint density at radius 2 is 2.14 bits per heavy atom. The Hall–Kier alpha value is -2.38. The van der Waals surface area contributed by atoms with Gasteiger partial charge in [-0.25, -0.2) is 9.50 Å². The fourth-order valence-electron chi connectivity index (χ4n) is 3.51. The number of rotatable bonds is 6. The van der Waals surface area contributed by atoms with Crippen LogP contribution in [0.2, 0.25) is 0 Å². The van der Waals surface area contributed by atoms with Crippen LogP contribution in [0.1, 0.15) is 24.1 Å². The first-order valence-corrected chi connectivity index (χ1v) is 10.5. The van der Waals surface area contributed by atoms with Crippen LogP contribution in [0, 0.1) is 13.8 Å². The first-order chi connectivity index (χ1) is 13.6. The first kappa shape index (κ1) is 19.0. The predicted molar refractivity (Wildman–Crippen MR) is 111 cm³/mol. The number of ether oxygens (including phenoxy) is 1. The third kappa shape index (κ3) is 4.05. The standard InChI is InChI=1S/C21H24N4O2S/c1-14-11-15(2)24-25-20(14)19(16-7-4-3-5-8-16)23-21(25)28-13-18(26)22-12-17-9-6-10-27-17/h3-5,7-8,11,17H,6,9-10,12-13H2,1-2H3,(H,22,26). The van der Waals surface area contributed by atoms with E-state index in [-0.39, 0.29) is 12.0 Å². The zero-order valence-electron chi connectivity index (χ0n) is 16.1. The summed E-state index contributed by atoms with van der Waals surface area (Å²) in [6.45, 7) is 5.41. The molecule has 1 unspecified atom stereocenters. The molecular formula is C21H24N4O2S. The quantitative estimate of drug-likeness (QED) is 0.647. The third-order valence-electron chi connectivity index (χ3n) is 4.81. The summed E-state index contributed by atoms with van der Waals surface area (Å²) in [5.74, 6) is 0.289. The summed E-state index contributed by atoms with van der Waals surface area (Å²) in [6.07, 6.45) is 2.24. The fraction of sp³-hybridized carbons (Fsp3) is 0.381. The second-order valence-corrected chi connectivity index (χ2v) is 8.01. The minimum Gasteiger partial charge on any atom is -0.376 e. The van der Waals surface area contributed by atoms with Crippen molar-refractivity contribution < 1.29 is 9.53 Å². The van der Waals surface area contributed by atoms with Gasteiger partial charge in [-0.3, -0.25) is 4.79 Å². The van der Waals surface area contributed by atoms with Crippen LogP contribution < -0.4 is 5.32 Å². The fourth-order valence-corrected chi connectivity index (χ4v) is 4.28. The normalized spacial score (nSPS) is 16.6. The molecule has 2 aromatic heterocycles. The number of thioether (sulfide) groups is 1. The Bertz CT molecular complexity index is 981. The average molecular weight is 397 g/mol. The predicted octanol–water partition coefficient (Wildman–Crippen LogP) is 3.40. The molecule has 1 aliphatic rings. The van der Waals surface area contributed by atoms with Gasteiger partial charge in [0, 0.05) is 18.7 Å². The van der Waals surface area contributed by atoms with Gasteiger partial charge in [0.1, 0.15) is 0 Å². The van der Waals surface area contributed by atoms with Gasteiger partial charge < -0.3 is 10.1 Å². The van der Waals surface area contributed by atoms with Crippen molar-refractivity contribution in [2.24, 2.45) is 0 Å². The van der Waals surface area contributed by atoms with Gasteiger partial charge in [0.15, 0.2) is 5.16 Å². The number of imidazole rings is 1. The van der Waals surface area contributed by atoms with E-state index in [1.54, 1.807) is 0 Å². The first-order valence-electron chi connectivity index (χ1n) is 9.55. The Balaban J connectivity index is 1.55. The summed E-state index contributed by atoms with van der Waals surface area (Å²) >= 11 is 1.41. The van der Waals surface area contributed by atoms with Gasteiger partial charge in [-0.05, 0) is 38.3 Å². The Morgan fingerprint density at radius 3 is 2.89 bits per heavy atom. The van der Waals surface area contributed by atoms with E-state index in [4.69, 9.17) is 9.72 Å². The zero-order valence-corrected chi connectivity index (χ0v) is 17.0. The van der Waals surface area contributed by atoms with Crippen molar-refractivity contribution >= 4 is 23.2 Å². The lowest BCUT2D eigenvalue weighted by molar-refractivity contribution is -0.119. The Kier molecular flexibility index (Phi) is 5.64. The van der Waals surface area contributed by atoms with E-state index in [1.807, 2.05) is 41.8 Å². The van der Waals surface area contributed by atoms with Crippen LogP contribution in [0.4, 0.5) is 0 Å². The number of aryl methyl sites for hydroxylation is 2. The van der Waals surface area contributed by atoms with Crippen LogP contribution in [0.15, 0.2) is 41.6 Å². The number of hydrogen-bond acceptors (Lipinski definition) is 5. The number of hydrogen-bond donors (Lipinski definition) is 1. The van der Waals surface area contributed by atoms with Crippen molar-refractivity contribution in [1.82, 2.24) is 19.9 Å². The molecule has 3 heterocycles. The van der Waals surface area contributed by atoms with E-state index in [2.05, 4.69) is 23.4 Å². The highest BCUT2D eigenvalue weighted by Crippen LogP contribution is 2.30. The van der Waals surface area contributed by atoms with Crippen molar-refractivity contribution in [3.05, 3.63) is 47.7 Å². The van der Waals surface area contributed by atoms with Crippen LogP contribution in [0.5, 0.6) is 0 Å². The lowest BCUT2D eigenvalue weighted by atomic mass is 10.1. The topological polar surface area (TPSA) is 68.5 Å². The van der Waals surface area contributed by atoms with E-state index in [0.717, 1.165) is 52.6 Å². The molecule has 0 saturated carbocycles. The monoisotopic (exact) mass is 396 g/mol. The number of aromatic nitrogens is 3. The second-order valence-electron chi connectivity index (χ2n) is 7.07. The summed E-state index contributed by atoms with van der Waals surface area (Å²) in [4.78, 5) is 17.1. The van der Waals surface area contributed by atoms with Gasteiger partial charge in [-0.1, -0.05) is 42.1 Å². The maximum atomic E-state index is 12.3. The molecule has 1 N–H and O–H groups in total. The molecule has 7 heteroatoms. The molecule has 0 bridgehead atoms. The molecule has 0 spiro atoms. The summed E-state index contributed by atoms with van der Waals surface area (Å²) in [5, 5.41) is 8.34. The molecule has 1 aromatic carbocycles. The molecule has 28 heavy (non-hydrogen) atoms. The van der Waals surface area contributed by atoms with Crippen LogP contribution >= 0.6 is 11.8 Å². The van der Waals surface area contributed by atoms with Crippen molar-refractivity contribution in [1.29, 1.82) is 0 Å². The number of fused-ring (bicyclic) bond motifs is 1. The van der Waals surface area contributed by atoms with Gasteiger partial charge in [0.05, 0.1) is 28.8 Å².